The smallest absolute Gasteiger partial charge is 0.338 e. The Morgan fingerprint density at radius 2 is 2.12 bits per heavy atom. The third kappa shape index (κ3) is 4.33. The lowest BCUT2D eigenvalue weighted by molar-refractivity contribution is -0.136. The maximum Gasteiger partial charge on any atom is 0.338 e. The minimum absolute atomic E-state index is 0.0785. The van der Waals surface area contributed by atoms with E-state index in [2.05, 4.69) is 4.99 Å². The van der Waals surface area contributed by atoms with Crippen molar-refractivity contribution in [2.24, 2.45) is 4.99 Å². The van der Waals surface area contributed by atoms with E-state index in [0.29, 0.717) is 33.8 Å². The number of amidine groups is 1. The van der Waals surface area contributed by atoms with Crippen molar-refractivity contribution in [1.29, 1.82) is 0 Å². The van der Waals surface area contributed by atoms with E-state index in [0.717, 1.165) is 11.3 Å². The van der Waals surface area contributed by atoms with Crippen LogP contribution in [-0.4, -0.2) is 41.0 Å². The van der Waals surface area contributed by atoms with Gasteiger partial charge in [0.05, 0.1) is 43.7 Å². The fraction of sp³-hybridized carbons (Fsp3) is 0.261. The zero-order valence-electron chi connectivity index (χ0n) is 17.9. The SMILES string of the molecule is COC(=O)C1=C(C)N=C2SC=C(CC(=O)N(C)Cc3ccco3)N2[C@H]1c1cccc(Cl)c1. The number of esters is 1. The molecule has 1 aromatic carbocycles. The number of allylic oxidation sites excluding steroid dienone is 1. The first-order chi connectivity index (χ1) is 15.4. The molecule has 1 aromatic heterocycles. The van der Waals surface area contributed by atoms with Gasteiger partial charge in [-0.1, -0.05) is 35.5 Å². The molecule has 0 N–H and O–H groups in total. The zero-order chi connectivity index (χ0) is 22.8. The van der Waals surface area contributed by atoms with Gasteiger partial charge in [-0.05, 0) is 42.2 Å². The number of furan rings is 1. The Bertz CT molecular complexity index is 1140. The van der Waals surface area contributed by atoms with Gasteiger partial charge in [0.25, 0.3) is 0 Å². The van der Waals surface area contributed by atoms with E-state index >= 15 is 0 Å². The molecule has 0 saturated carbocycles. The normalized spacial score (nSPS) is 17.6. The van der Waals surface area contributed by atoms with Crippen LogP contribution >= 0.6 is 23.4 Å². The predicted molar refractivity (Wildman–Crippen MR) is 124 cm³/mol. The second-order valence-electron chi connectivity index (χ2n) is 7.45. The van der Waals surface area contributed by atoms with Gasteiger partial charge in [0.2, 0.25) is 5.91 Å². The van der Waals surface area contributed by atoms with Crippen LogP contribution < -0.4 is 0 Å². The van der Waals surface area contributed by atoms with Gasteiger partial charge in [0.15, 0.2) is 5.17 Å². The van der Waals surface area contributed by atoms with Crippen molar-refractivity contribution in [3.8, 4) is 0 Å². The second-order valence-corrected chi connectivity index (χ2v) is 8.72. The summed E-state index contributed by atoms with van der Waals surface area (Å²) in [7, 11) is 3.08. The minimum atomic E-state index is -0.502. The Morgan fingerprint density at radius 1 is 1.31 bits per heavy atom. The highest BCUT2D eigenvalue weighted by Crippen LogP contribution is 2.45. The number of benzene rings is 1. The molecular weight excluding hydrogens is 450 g/mol. The monoisotopic (exact) mass is 471 g/mol. The molecule has 1 amide bonds. The van der Waals surface area contributed by atoms with E-state index in [4.69, 9.17) is 20.8 Å². The first-order valence-corrected chi connectivity index (χ1v) is 11.2. The quantitative estimate of drug-likeness (QED) is 0.567. The fourth-order valence-corrected chi connectivity index (χ4v) is 4.91. The number of amides is 1. The van der Waals surface area contributed by atoms with Crippen LogP contribution in [0.15, 0.2) is 74.4 Å². The summed E-state index contributed by atoms with van der Waals surface area (Å²) in [5.74, 6) is 0.164. The van der Waals surface area contributed by atoms with Gasteiger partial charge in [0, 0.05) is 17.8 Å². The average Bonchev–Trinajstić information content (AvgIpc) is 3.42. The third-order valence-corrected chi connectivity index (χ3v) is 6.43. The summed E-state index contributed by atoms with van der Waals surface area (Å²) >= 11 is 7.69. The van der Waals surface area contributed by atoms with Crippen molar-refractivity contribution >= 4 is 40.4 Å². The van der Waals surface area contributed by atoms with Crippen LogP contribution in [0.4, 0.5) is 0 Å². The topological polar surface area (TPSA) is 75.3 Å². The maximum atomic E-state index is 13.0. The predicted octanol–water partition coefficient (Wildman–Crippen LogP) is 4.73. The molecule has 4 rings (SSSR count). The van der Waals surface area contributed by atoms with Crippen molar-refractivity contribution < 1.29 is 18.7 Å². The summed E-state index contributed by atoms with van der Waals surface area (Å²) in [6.07, 6.45) is 1.73. The molecule has 0 aliphatic carbocycles. The van der Waals surface area contributed by atoms with Crippen molar-refractivity contribution in [2.75, 3.05) is 14.2 Å². The minimum Gasteiger partial charge on any atom is -0.467 e. The van der Waals surface area contributed by atoms with Crippen LogP contribution in [0.5, 0.6) is 0 Å². The number of hydrogen-bond acceptors (Lipinski definition) is 7. The molecule has 0 bridgehead atoms. The third-order valence-electron chi connectivity index (χ3n) is 5.30. The van der Waals surface area contributed by atoms with Gasteiger partial charge >= 0.3 is 5.97 Å². The van der Waals surface area contributed by atoms with Gasteiger partial charge in [-0.25, -0.2) is 9.79 Å². The van der Waals surface area contributed by atoms with E-state index in [1.165, 1.54) is 18.9 Å². The molecule has 2 aliphatic rings. The Hall–Kier alpha value is -2.97. The summed E-state index contributed by atoms with van der Waals surface area (Å²) in [6.45, 7) is 2.16. The van der Waals surface area contributed by atoms with Gasteiger partial charge in [-0.15, -0.1) is 0 Å². The lowest BCUT2D eigenvalue weighted by atomic mass is 9.94. The highest BCUT2D eigenvalue weighted by atomic mass is 35.5. The number of ether oxygens (including phenoxy) is 1. The van der Waals surface area contributed by atoms with Crippen molar-refractivity contribution in [3.05, 3.63) is 81.4 Å². The van der Waals surface area contributed by atoms with E-state index < -0.39 is 12.0 Å². The molecule has 0 spiro atoms. The molecule has 166 valence electrons. The van der Waals surface area contributed by atoms with E-state index in [1.807, 2.05) is 34.6 Å². The summed E-state index contributed by atoms with van der Waals surface area (Å²) < 4.78 is 10.4. The summed E-state index contributed by atoms with van der Waals surface area (Å²) in [5.41, 5.74) is 2.57. The van der Waals surface area contributed by atoms with Crippen LogP contribution in [0.3, 0.4) is 0 Å². The number of methoxy groups -OCH3 is 1. The number of fused-ring (bicyclic) bond motifs is 1. The van der Waals surface area contributed by atoms with Crippen molar-refractivity contribution in [3.63, 3.8) is 0 Å². The summed E-state index contributed by atoms with van der Waals surface area (Å²) in [5, 5.41) is 3.17. The van der Waals surface area contributed by atoms with Gasteiger partial charge in [0.1, 0.15) is 5.76 Å². The van der Waals surface area contributed by atoms with Crippen molar-refractivity contribution in [1.82, 2.24) is 9.80 Å². The molecule has 32 heavy (non-hydrogen) atoms. The summed E-state index contributed by atoms with van der Waals surface area (Å²) in [6, 6.07) is 10.5. The standard InChI is InChI=1S/C23H22ClN3O4S/c1-14-20(22(29)30-3)21(15-6-4-7-16(24)10-15)27-17(13-32-23(27)25-14)11-19(28)26(2)12-18-8-5-9-31-18/h4-10,13,21H,11-12H2,1-3H3/t21-/m0/s1. The number of thioether (sulfide) groups is 1. The number of carbonyl (C=O) groups is 2. The molecule has 0 saturated heterocycles. The number of carbonyl (C=O) groups excluding carboxylic acids is 2. The molecule has 0 radical (unpaired) electrons. The largest absolute Gasteiger partial charge is 0.467 e. The number of aliphatic imine (C=N–C) groups is 1. The van der Waals surface area contributed by atoms with Gasteiger partial charge in [-0.2, -0.15) is 0 Å². The fourth-order valence-electron chi connectivity index (χ4n) is 3.75. The van der Waals surface area contributed by atoms with Gasteiger partial charge in [-0.3, -0.25) is 4.79 Å². The second kappa shape index (κ2) is 9.26. The highest BCUT2D eigenvalue weighted by Gasteiger charge is 2.41. The first kappa shape index (κ1) is 22.2. The van der Waals surface area contributed by atoms with Crippen LogP contribution in [0, 0.1) is 0 Å². The van der Waals surface area contributed by atoms with E-state index in [9.17, 15) is 9.59 Å². The summed E-state index contributed by atoms with van der Waals surface area (Å²) in [4.78, 5) is 33.9. The number of halogens is 1. The Morgan fingerprint density at radius 3 is 2.81 bits per heavy atom. The lowest BCUT2D eigenvalue weighted by Crippen LogP contribution is -2.38. The van der Waals surface area contributed by atoms with Crippen LogP contribution in [-0.2, 0) is 20.9 Å². The molecule has 2 aliphatic heterocycles. The molecule has 0 unspecified atom stereocenters. The average molecular weight is 472 g/mol. The first-order valence-electron chi connectivity index (χ1n) is 9.93. The maximum absolute atomic E-state index is 13.0. The molecule has 1 atom stereocenters. The lowest BCUT2D eigenvalue weighted by Gasteiger charge is -2.36. The van der Waals surface area contributed by atoms with Crippen molar-refractivity contribution in [2.45, 2.75) is 25.9 Å². The van der Waals surface area contributed by atoms with E-state index in [-0.39, 0.29) is 12.3 Å². The molecular formula is C23H22ClN3O4S. The Kier molecular flexibility index (Phi) is 6.43. The van der Waals surface area contributed by atoms with Crippen LogP contribution in [0.25, 0.3) is 0 Å². The Labute approximate surface area is 195 Å². The van der Waals surface area contributed by atoms with Crippen LogP contribution in [0.1, 0.15) is 30.7 Å². The highest BCUT2D eigenvalue weighted by molar-refractivity contribution is 8.16. The van der Waals surface area contributed by atoms with Gasteiger partial charge < -0.3 is 19.0 Å². The molecule has 2 aromatic rings. The molecule has 3 heterocycles. The number of nitrogens with zero attached hydrogens (tertiary/aromatic N) is 3. The zero-order valence-corrected chi connectivity index (χ0v) is 19.4. The van der Waals surface area contributed by atoms with Crippen LogP contribution in [0.2, 0.25) is 5.02 Å². The Balaban J connectivity index is 1.65. The molecule has 7 nitrogen and oxygen atoms in total. The molecule has 0 fully saturated rings. The number of hydrogen-bond donors (Lipinski definition) is 0. The number of rotatable bonds is 6. The molecule has 9 heteroatoms. The van der Waals surface area contributed by atoms with E-state index in [1.54, 1.807) is 37.3 Å².